The molecule has 15 heavy (non-hydrogen) atoms. The van der Waals surface area contributed by atoms with Gasteiger partial charge < -0.3 is 10.1 Å². The monoisotopic (exact) mass is 275 g/mol. The largest absolute Gasteiger partial charge is 0.383 e. The Bertz CT molecular complexity index is 288. The molecule has 1 rings (SSSR count). The van der Waals surface area contributed by atoms with Crippen LogP contribution in [0.15, 0.2) is 10.7 Å². The maximum Gasteiger partial charge on any atom is 0.0635 e. The molecule has 0 radical (unpaired) electrons. The SMILES string of the molecule is CCn1ncc(Br)c1CCNCCOC. The van der Waals surface area contributed by atoms with Gasteiger partial charge in [-0.2, -0.15) is 5.10 Å². The van der Waals surface area contributed by atoms with E-state index in [1.807, 2.05) is 10.9 Å². The van der Waals surface area contributed by atoms with Crippen LogP contribution in [0.3, 0.4) is 0 Å². The summed E-state index contributed by atoms with van der Waals surface area (Å²) >= 11 is 3.50. The summed E-state index contributed by atoms with van der Waals surface area (Å²) in [5.74, 6) is 0. The van der Waals surface area contributed by atoms with E-state index >= 15 is 0 Å². The maximum atomic E-state index is 4.96. The number of ether oxygens (including phenoxy) is 1. The zero-order valence-electron chi connectivity index (χ0n) is 9.29. The predicted octanol–water partition coefficient (Wildman–Crippen LogP) is 1.44. The molecule has 0 aliphatic rings. The lowest BCUT2D eigenvalue weighted by atomic mass is 10.3. The van der Waals surface area contributed by atoms with Crippen molar-refractivity contribution in [2.24, 2.45) is 0 Å². The minimum Gasteiger partial charge on any atom is -0.383 e. The van der Waals surface area contributed by atoms with Crippen molar-refractivity contribution in [3.63, 3.8) is 0 Å². The van der Waals surface area contributed by atoms with Crippen LogP contribution in [-0.2, 0) is 17.7 Å². The number of nitrogens with zero attached hydrogens (tertiary/aromatic N) is 2. The van der Waals surface area contributed by atoms with Crippen molar-refractivity contribution in [3.8, 4) is 0 Å². The fraction of sp³-hybridized carbons (Fsp3) is 0.700. The molecule has 0 bridgehead atoms. The third kappa shape index (κ3) is 3.93. The van der Waals surface area contributed by atoms with E-state index < -0.39 is 0 Å². The van der Waals surface area contributed by atoms with Crippen molar-refractivity contribution < 1.29 is 4.74 Å². The summed E-state index contributed by atoms with van der Waals surface area (Å²) in [5.41, 5.74) is 1.25. The minimum atomic E-state index is 0.758. The molecule has 0 spiro atoms. The average molecular weight is 276 g/mol. The van der Waals surface area contributed by atoms with Gasteiger partial charge >= 0.3 is 0 Å². The highest BCUT2D eigenvalue weighted by atomic mass is 79.9. The van der Waals surface area contributed by atoms with Crippen LogP contribution in [0.2, 0.25) is 0 Å². The quantitative estimate of drug-likeness (QED) is 0.766. The zero-order valence-corrected chi connectivity index (χ0v) is 10.9. The highest BCUT2D eigenvalue weighted by Crippen LogP contribution is 2.15. The van der Waals surface area contributed by atoms with E-state index in [9.17, 15) is 0 Å². The van der Waals surface area contributed by atoms with Crippen LogP contribution < -0.4 is 5.32 Å². The molecule has 0 amide bonds. The molecule has 0 aliphatic carbocycles. The minimum absolute atomic E-state index is 0.758. The van der Waals surface area contributed by atoms with Gasteiger partial charge in [0.15, 0.2) is 0 Å². The summed E-state index contributed by atoms with van der Waals surface area (Å²) in [6.07, 6.45) is 2.84. The Morgan fingerprint density at radius 3 is 3.00 bits per heavy atom. The lowest BCUT2D eigenvalue weighted by Crippen LogP contribution is -2.22. The Hall–Kier alpha value is -0.390. The summed E-state index contributed by atoms with van der Waals surface area (Å²) in [6.45, 7) is 5.62. The number of hydrogen-bond acceptors (Lipinski definition) is 3. The van der Waals surface area contributed by atoms with Crippen LogP contribution in [0.1, 0.15) is 12.6 Å². The fourth-order valence-electron chi connectivity index (χ4n) is 1.41. The van der Waals surface area contributed by atoms with E-state index in [1.165, 1.54) is 5.69 Å². The van der Waals surface area contributed by atoms with E-state index in [0.29, 0.717) is 0 Å². The molecule has 4 nitrogen and oxygen atoms in total. The topological polar surface area (TPSA) is 39.1 Å². The molecule has 0 aromatic carbocycles. The van der Waals surface area contributed by atoms with Gasteiger partial charge in [0.25, 0.3) is 0 Å². The number of methoxy groups -OCH3 is 1. The first-order valence-corrected chi connectivity index (χ1v) is 5.98. The first kappa shape index (κ1) is 12.7. The molecule has 86 valence electrons. The van der Waals surface area contributed by atoms with Gasteiger partial charge in [-0.3, -0.25) is 4.68 Å². The molecule has 5 heteroatoms. The van der Waals surface area contributed by atoms with Crippen molar-refractivity contribution in [1.29, 1.82) is 0 Å². The van der Waals surface area contributed by atoms with Crippen LogP contribution in [-0.4, -0.2) is 36.6 Å². The molecular weight excluding hydrogens is 258 g/mol. The van der Waals surface area contributed by atoms with E-state index in [2.05, 4.69) is 33.3 Å². The van der Waals surface area contributed by atoms with Crippen LogP contribution in [0.4, 0.5) is 0 Å². The second kappa shape index (κ2) is 6.98. The van der Waals surface area contributed by atoms with Crippen LogP contribution in [0, 0.1) is 0 Å². The van der Waals surface area contributed by atoms with E-state index in [4.69, 9.17) is 4.74 Å². The fourth-order valence-corrected chi connectivity index (χ4v) is 1.91. The second-order valence-corrected chi connectivity index (χ2v) is 4.10. The Kier molecular flexibility index (Phi) is 5.90. The van der Waals surface area contributed by atoms with Crippen molar-refractivity contribution in [3.05, 3.63) is 16.4 Å². The highest BCUT2D eigenvalue weighted by molar-refractivity contribution is 9.10. The van der Waals surface area contributed by atoms with Gasteiger partial charge in [-0.1, -0.05) is 0 Å². The first-order valence-electron chi connectivity index (χ1n) is 5.19. The number of rotatable bonds is 7. The van der Waals surface area contributed by atoms with Crippen molar-refractivity contribution >= 4 is 15.9 Å². The summed E-state index contributed by atoms with van der Waals surface area (Å²) < 4.78 is 8.07. The Morgan fingerprint density at radius 1 is 1.53 bits per heavy atom. The van der Waals surface area contributed by atoms with Gasteiger partial charge in [-0.15, -0.1) is 0 Å². The van der Waals surface area contributed by atoms with Gasteiger partial charge in [-0.25, -0.2) is 0 Å². The van der Waals surface area contributed by atoms with Crippen LogP contribution >= 0.6 is 15.9 Å². The standard InChI is InChI=1S/C10H18BrN3O/c1-3-14-10(9(11)8-13-14)4-5-12-6-7-15-2/h8,12H,3-7H2,1-2H3. The molecular formula is C10H18BrN3O. The normalized spacial score (nSPS) is 10.9. The molecule has 0 saturated heterocycles. The van der Waals surface area contributed by atoms with Gasteiger partial charge in [0.1, 0.15) is 0 Å². The van der Waals surface area contributed by atoms with Gasteiger partial charge in [0, 0.05) is 33.2 Å². The summed E-state index contributed by atoms with van der Waals surface area (Å²) in [4.78, 5) is 0. The van der Waals surface area contributed by atoms with E-state index in [0.717, 1.165) is 37.1 Å². The third-order valence-electron chi connectivity index (χ3n) is 2.22. The number of hydrogen-bond donors (Lipinski definition) is 1. The number of aromatic nitrogens is 2. The highest BCUT2D eigenvalue weighted by Gasteiger charge is 2.06. The van der Waals surface area contributed by atoms with Crippen LogP contribution in [0.25, 0.3) is 0 Å². The zero-order chi connectivity index (χ0) is 11.1. The molecule has 0 unspecified atom stereocenters. The molecule has 0 atom stereocenters. The predicted molar refractivity (Wildman–Crippen MR) is 64.1 cm³/mol. The molecule has 1 aromatic rings. The van der Waals surface area contributed by atoms with Gasteiger partial charge in [0.2, 0.25) is 0 Å². The maximum absolute atomic E-state index is 4.96. The summed E-state index contributed by atoms with van der Waals surface area (Å²) in [5, 5.41) is 7.58. The van der Waals surface area contributed by atoms with Crippen LogP contribution in [0.5, 0.6) is 0 Å². The lowest BCUT2D eigenvalue weighted by molar-refractivity contribution is 0.199. The molecule has 0 aliphatic heterocycles. The lowest BCUT2D eigenvalue weighted by Gasteiger charge is -2.06. The number of nitrogens with one attached hydrogen (secondary N) is 1. The Morgan fingerprint density at radius 2 is 2.33 bits per heavy atom. The molecule has 1 aromatic heterocycles. The van der Waals surface area contributed by atoms with Gasteiger partial charge in [-0.05, 0) is 22.9 Å². The summed E-state index contributed by atoms with van der Waals surface area (Å²) in [7, 11) is 1.71. The van der Waals surface area contributed by atoms with Crippen molar-refractivity contribution in [2.75, 3.05) is 26.8 Å². The molecule has 1 heterocycles. The number of aryl methyl sites for hydroxylation is 1. The van der Waals surface area contributed by atoms with E-state index in [1.54, 1.807) is 7.11 Å². The first-order chi connectivity index (χ1) is 7.29. The third-order valence-corrected chi connectivity index (χ3v) is 2.88. The second-order valence-electron chi connectivity index (χ2n) is 3.25. The van der Waals surface area contributed by atoms with E-state index in [-0.39, 0.29) is 0 Å². The average Bonchev–Trinajstić information content (AvgIpc) is 2.60. The van der Waals surface area contributed by atoms with Gasteiger partial charge in [0.05, 0.1) is 23.0 Å². The van der Waals surface area contributed by atoms with Crippen molar-refractivity contribution in [2.45, 2.75) is 19.9 Å². The molecule has 1 N–H and O–H groups in total. The Balaban J connectivity index is 2.33. The Labute approximate surface area is 99.1 Å². The molecule has 0 saturated carbocycles. The number of halogens is 1. The van der Waals surface area contributed by atoms with Crippen molar-refractivity contribution in [1.82, 2.24) is 15.1 Å². The smallest absolute Gasteiger partial charge is 0.0635 e. The summed E-state index contributed by atoms with van der Waals surface area (Å²) in [6, 6.07) is 0. The molecule has 0 fully saturated rings.